The molecule has 0 aliphatic heterocycles. The number of hydrogen-bond donors (Lipinski definition) is 0. The van der Waals surface area contributed by atoms with Gasteiger partial charge in [0.15, 0.2) is 5.78 Å². The minimum atomic E-state index is -0.516. The minimum Gasteiger partial charge on any atom is -0.293 e. The zero-order chi connectivity index (χ0) is 15.6. The van der Waals surface area contributed by atoms with Gasteiger partial charge in [0, 0.05) is 23.6 Å². The molecule has 0 aromatic carbocycles. The van der Waals surface area contributed by atoms with Crippen LogP contribution in [0.4, 0.5) is 0 Å². The molecule has 21 heavy (non-hydrogen) atoms. The topological polar surface area (TPSA) is 58.7 Å². The first-order valence-corrected chi connectivity index (χ1v) is 7.44. The number of carbonyl (C=O) groups excluding carboxylic acids is 1. The third kappa shape index (κ3) is 1.61. The highest BCUT2D eigenvalue weighted by molar-refractivity contribution is 6.04. The summed E-state index contributed by atoms with van der Waals surface area (Å²) in [4.78, 5) is 12.5. The summed E-state index contributed by atoms with van der Waals surface area (Å²) in [5.74, 6) is 0.167. The summed E-state index contributed by atoms with van der Waals surface area (Å²) in [5, 5.41) is 14.1. The van der Waals surface area contributed by atoms with Gasteiger partial charge in [0.05, 0.1) is 11.3 Å². The fourth-order valence-corrected chi connectivity index (χ4v) is 4.37. The van der Waals surface area contributed by atoms with Crippen molar-refractivity contribution >= 4 is 5.78 Å². The summed E-state index contributed by atoms with van der Waals surface area (Å²) >= 11 is 0. The van der Waals surface area contributed by atoms with E-state index in [9.17, 15) is 10.1 Å². The van der Waals surface area contributed by atoms with E-state index in [-0.39, 0.29) is 22.7 Å². The highest BCUT2D eigenvalue weighted by atomic mass is 16.1. The Labute approximate surface area is 125 Å². The van der Waals surface area contributed by atoms with Crippen molar-refractivity contribution in [1.82, 2.24) is 9.78 Å². The highest BCUT2D eigenvalue weighted by Gasteiger charge is 2.55. The Bertz CT molecular complexity index is 717. The first-order valence-electron chi connectivity index (χ1n) is 7.44. The molecule has 0 fully saturated rings. The van der Waals surface area contributed by atoms with E-state index in [0.29, 0.717) is 0 Å². The highest BCUT2D eigenvalue weighted by Crippen LogP contribution is 2.54. The van der Waals surface area contributed by atoms with Crippen LogP contribution in [0.1, 0.15) is 44.1 Å². The molecule has 0 saturated carbocycles. The zero-order valence-corrected chi connectivity index (χ0v) is 13.3. The van der Waals surface area contributed by atoms with Crippen molar-refractivity contribution in [2.24, 2.45) is 18.4 Å². The molecule has 2 atom stereocenters. The quantitative estimate of drug-likeness (QED) is 0.735. The van der Waals surface area contributed by atoms with Gasteiger partial charge in [0.1, 0.15) is 6.07 Å². The Morgan fingerprint density at radius 2 is 2.10 bits per heavy atom. The molecule has 0 spiro atoms. The van der Waals surface area contributed by atoms with Crippen molar-refractivity contribution < 1.29 is 4.79 Å². The van der Waals surface area contributed by atoms with Crippen molar-refractivity contribution in [3.63, 3.8) is 0 Å². The average Bonchev–Trinajstić information content (AvgIpc) is 2.72. The van der Waals surface area contributed by atoms with Gasteiger partial charge in [0.25, 0.3) is 0 Å². The molecule has 1 aromatic rings. The molecule has 0 bridgehead atoms. The monoisotopic (exact) mass is 283 g/mol. The van der Waals surface area contributed by atoms with Crippen LogP contribution < -0.4 is 0 Å². The number of aryl methyl sites for hydroxylation is 1. The predicted molar refractivity (Wildman–Crippen MR) is 79.6 cm³/mol. The molecular formula is C17H21N3O. The van der Waals surface area contributed by atoms with Crippen LogP contribution in [0.2, 0.25) is 0 Å². The van der Waals surface area contributed by atoms with E-state index >= 15 is 0 Å². The lowest BCUT2D eigenvalue weighted by Gasteiger charge is -2.49. The molecule has 1 heterocycles. The van der Waals surface area contributed by atoms with Gasteiger partial charge >= 0.3 is 0 Å². The lowest BCUT2D eigenvalue weighted by molar-refractivity contribution is -0.128. The average molecular weight is 283 g/mol. The molecule has 0 amide bonds. The lowest BCUT2D eigenvalue weighted by atomic mass is 9.52. The Morgan fingerprint density at radius 3 is 2.71 bits per heavy atom. The van der Waals surface area contributed by atoms with Crippen molar-refractivity contribution in [1.29, 1.82) is 5.26 Å². The van der Waals surface area contributed by atoms with E-state index in [1.165, 1.54) is 11.3 Å². The number of allylic oxidation sites excluding steroid dienone is 2. The fraction of sp³-hybridized carbons (Fsp3) is 0.588. The Morgan fingerprint density at radius 1 is 1.43 bits per heavy atom. The van der Waals surface area contributed by atoms with E-state index in [0.717, 1.165) is 18.5 Å². The molecule has 0 radical (unpaired) electrons. The molecule has 3 rings (SSSR count). The zero-order valence-electron chi connectivity index (χ0n) is 13.3. The van der Waals surface area contributed by atoms with E-state index in [1.54, 1.807) is 0 Å². The standard InChI is InChI=1S/C17H21N3O/c1-10-12-6-7-13-16(2,3)15(21)11(9-18)8-17(13,4)14(12)19-20(10)5/h8,13H,6-7H2,1-5H3/t13?,17-/m0/s1. The molecule has 1 unspecified atom stereocenters. The minimum absolute atomic E-state index is 0.0245. The summed E-state index contributed by atoms with van der Waals surface area (Å²) < 4.78 is 1.92. The van der Waals surface area contributed by atoms with E-state index in [1.807, 2.05) is 31.7 Å². The van der Waals surface area contributed by atoms with Gasteiger partial charge in [-0.3, -0.25) is 9.48 Å². The summed E-state index contributed by atoms with van der Waals surface area (Å²) in [5.41, 5.74) is 2.96. The van der Waals surface area contributed by atoms with Crippen LogP contribution in [-0.2, 0) is 23.7 Å². The lowest BCUT2D eigenvalue weighted by Crippen LogP contribution is -2.51. The van der Waals surface area contributed by atoms with Crippen LogP contribution in [0.5, 0.6) is 0 Å². The molecular weight excluding hydrogens is 262 g/mol. The van der Waals surface area contributed by atoms with E-state index < -0.39 is 5.41 Å². The van der Waals surface area contributed by atoms with Crippen molar-refractivity contribution in [3.8, 4) is 6.07 Å². The second-order valence-corrected chi connectivity index (χ2v) is 7.13. The van der Waals surface area contributed by atoms with Gasteiger partial charge in [-0.15, -0.1) is 0 Å². The first kappa shape index (κ1) is 14.1. The number of ketones is 1. The number of Topliss-reactive ketones (excluding diaryl/α,β-unsaturated/α-hetero) is 1. The van der Waals surface area contributed by atoms with Crippen LogP contribution in [-0.4, -0.2) is 15.6 Å². The Kier molecular flexibility index (Phi) is 2.72. The van der Waals surface area contributed by atoms with Crippen LogP contribution in [0.15, 0.2) is 11.6 Å². The van der Waals surface area contributed by atoms with Gasteiger partial charge in [-0.1, -0.05) is 26.8 Å². The number of fused-ring (bicyclic) bond motifs is 3. The van der Waals surface area contributed by atoms with Gasteiger partial charge < -0.3 is 0 Å². The molecule has 2 aliphatic carbocycles. The summed E-state index contributed by atoms with van der Waals surface area (Å²) in [6, 6.07) is 2.10. The SMILES string of the molecule is Cc1c2c(nn1C)[C@@]1(C)C=C(C#N)C(=O)C(C)(C)C1CC2. The van der Waals surface area contributed by atoms with Crippen molar-refractivity contribution in [2.45, 2.75) is 46.0 Å². The third-order valence-corrected chi connectivity index (χ3v) is 5.64. The van der Waals surface area contributed by atoms with Crippen LogP contribution in [0.25, 0.3) is 0 Å². The second kappa shape index (κ2) is 4.07. The molecule has 2 aliphatic rings. The smallest absolute Gasteiger partial charge is 0.178 e. The van der Waals surface area contributed by atoms with Crippen LogP contribution in [0, 0.1) is 29.6 Å². The van der Waals surface area contributed by atoms with Crippen molar-refractivity contribution in [3.05, 3.63) is 28.6 Å². The fourth-order valence-electron chi connectivity index (χ4n) is 4.37. The van der Waals surface area contributed by atoms with Crippen LogP contribution >= 0.6 is 0 Å². The van der Waals surface area contributed by atoms with Crippen molar-refractivity contribution in [2.75, 3.05) is 0 Å². The predicted octanol–water partition coefficient (Wildman–Crippen LogP) is 2.61. The second-order valence-electron chi connectivity index (χ2n) is 7.13. The van der Waals surface area contributed by atoms with Gasteiger partial charge in [-0.05, 0) is 31.2 Å². The summed E-state index contributed by atoms with van der Waals surface area (Å²) in [6.45, 7) is 8.17. The molecule has 4 heteroatoms. The summed E-state index contributed by atoms with van der Waals surface area (Å²) in [7, 11) is 1.96. The number of rotatable bonds is 0. The molecule has 4 nitrogen and oxygen atoms in total. The molecule has 110 valence electrons. The Balaban J connectivity index is 2.30. The normalized spacial score (nSPS) is 30.2. The first-order chi connectivity index (χ1) is 9.73. The maximum atomic E-state index is 12.5. The maximum absolute atomic E-state index is 12.5. The Hall–Kier alpha value is -1.89. The number of aromatic nitrogens is 2. The third-order valence-electron chi connectivity index (χ3n) is 5.64. The van der Waals surface area contributed by atoms with Crippen LogP contribution in [0.3, 0.4) is 0 Å². The number of carbonyl (C=O) groups is 1. The molecule has 1 aromatic heterocycles. The number of nitrogens with zero attached hydrogens (tertiary/aromatic N) is 3. The maximum Gasteiger partial charge on any atom is 0.178 e. The van der Waals surface area contributed by atoms with E-state index in [2.05, 4.69) is 19.9 Å². The van der Waals surface area contributed by atoms with Gasteiger partial charge in [0.2, 0.25) is 0 Å². The largest absolute Gasteiger partial charge is 0.293 e. The molecule has 0 N–H and O–H groups in total. The number of hydrogen-bond acceptors (Lipinski definition) is 3. The molecule has 0 saturated heterocycles. The van der Waals surface area contributed by atoms with Gasteiger partial charge in [-0.2, -0.15) is 10.4 Å². The number of nitriles is 1. The summed E-state index contributed by atoms with van der Waals surface area (Å²) in [6.07, 6.45) is 3.79. The van der Waals surface area contributed by atoms with E-state index in [4.69, 9.17) is 5.10 Å². The van der Waals surface area contributed by atoms with Gasteiger partial charge in [-0.25, -0.2) is 0 Å².